The van der Waals surface area contributed by atoms with E-state index in [0.29, 0.717) is 5.76 Å². The van der Waals surface area contributed by atoms with Crippen LogP contribution >= 0.6 is 0 Å². The molecule has 34 heavy (non-hydrogen) atoms. The van der Waals surface area contributed by atoms with E-state index in [4.69, 9.17) is 14.3 Å². The third-order valence-corrected chi connectivity index (χ3v) is 6.18. The average molecular weight is 460 g/mol. The van der Waals surface area contributed by atoms with Gasteiger partial charge in [-0.25, -0.2) is 4.79 Å². The first-order valence-corrected chi connectivity index (χ1v) is 11.2. The van der Waals surface area contributed by atoms with E-state index in [2.05, 4.69) is 29.6 Å². The fraction of sp³-hybridized carbons (Fsp3) is 0.269. The van der Waals surface area contributed by atoms with Gasteiger partial charge in [-0.3, -0.25) is 9.59 Å². The van der Waals surface area contributed by atoms with Gasteiger partial charge in [0.2, 0.25) is 0 Å². The van der Waals surface area contributed by atoms with Crippen molar-refractivity contribution in [1.29, 1.82) is 0 Å². The summed E-state index contributed by atoms with van der Waals surface area (Å²) in [6.07, 6.45) is 0.989. The van der Waals surface area contributed by atoms with Gasteiger partial charge >= 0.3 is 12.1 Å². The van der Waals surface area contributed by atoms with Crippen LogP contribution in [0.15, 0.2) is 65.1 Å². The average Bonchev–Trinajstić information content (AvgIpc) is 3.48. The van der Waals surface area contributed by atoms with Gasteiger partial charge < -0.3 is 24.5 Å². The number of aliphatic carboxylic acids is 1. The second kappa shape index (κ2) is 9.05. The quantitative estimate of drug-likeness (QED) is 0.526. The van der Waals surface area contributed by atoms with E-state index in [0.717, 1.165) is 35.1 Å². The van der Waals surface area contributed by atoms with Crippen LogP contribution in [-0.2, 0) is 16.1 Å². The zero-order chi connectivity index (χ0) is 23.7. The van der Waals surface area contributed by atoms with Crippen LogP contribution in [0.25, 0.3) is 11.1 Å². The van der Waals surface area contributed by atoms with Crippen LogP contribution in [0.4, 0.5) is 4.79 Å². The molecule has 2 amide bonds. The van der Waals surface area contributed by atoms with Crippen LogP contribution in [0.5, 0.6) is 0 Å². The van der Waals surface area contributed by atoms with Crippen LogP contribution < -0.4 is 5.32 Å². The normalized spacial score (nSPS) is 14.2. The Bertz CT molecular complexity index is 1200. The number of furan rings is 1. The maximum absolute atomic E-state index is 12.6. The standard InChI is InChI=1S/C26H24N2O6/c29-24(30)14-28(16-9-10-16)25(31)23-12-11-17(34-23)13-27-26(32)33-15-22-20-7-3-1-5-18(20)19-6-2-4-8-21(19)22/h1-8,11-12,16,22H,9-10,13-15H2,(H,27,32)(H,29,30). The van der Waals surface area contributed by atoms with Gasteiger partial charge in [0.25, 0.3) is 5.91 Å². The molecular weight excluding hydrogens is 436 g/mol. The van der Waals surface area contributed by atoms with Gasteiger partial charge in [-0.05, 0) is 47.2 Å². The van der Waals surface area contributed by atoms with Gasteiger partial charge in [0.15, 0.2) is 5.76 Å². The maximum Gasteiger partial charge on any atom is 0.407 e. The molecule has 0 unspecified atom stereocenters. The van der Waals surface area contributed by atoms with Crippen molar-refractivity contribution in [2.45, 2.75) is 31.3 Å². The Balaban J connectivity index is 1.17. The Hall–Kier alpha value is -4.07. The van der Waals surface area contributed by atoms with E-state index < -0.39 is 18.0 Å². The molecule has 1 fully saturated rings. The van der Waals surface area contributed by atoms with Crippen molar-refractivity contribution < 1.29 is 28.6 Å². The Labute approximate surface area is 196 Å². The van der Waals surface area contributed by atoms with Gasteiger partial charge in [-0.15, -0.1) is 0 Å². The number of rotatable bonds is 8. The maximum atomic E-state index is 12.6. The third-order valence-electron chi connectivity index (χ3n) is 6.18. The molecule has 174 valence electrons. The zero-order valence-corrected chi connectivity index (χ0v) is 18.4. The SMILES string of the molecule is O=C(O)CN(C(=O)c1ccc(CNC(=O)OCC2c3ccccc3-c3ccccc32)o1)C1CC1. The monoisotopic (exact) mass is 460 g/mol. The number of carbonyl (C=O) groups excluding carboxylic acids is 2. The van der Waals surface area contributed by atoms with Crippen molar-refractivity contribution in [1.82, 2.24) is 10.2 Å². The van der Waals surface area contributed by atoms with Crippen molar-refractivity contribution in [3.8, 4) is 11.1 Å². The number of hydrogen-bond acceptors (Lipinski definition) is 5. The molecule has 3 aromatic rings. The fourth-order valence-electron chi connectivity index (χ4n) is 4.44. The molecule has 1 aromatic heterocycles. The molecule has 8 heteroatoms. The topological polar surface area (TPSA) is 109 Å². The Morgan fingerprint density at radius 2 is 1.62 bits per heavy atom. The lowest BCUT2D eigenvalue weighted by Crippen LogP contribution is -2.37. The van der Waals surface area contributed by atoms with Crippen LogP contribution in [0, 0.1) is 0 Å². The lowest BCUT2D eigenvalue weighted by Gasteiger charge is -2.18. The third kappa shape index (κ3) is 4.39. The van der Waals surface area contributed by atoms with Crippen LogP contribution in [-0.4, -0.2) is 47.2 Å². The Morgan fingerprint density at radius 1 is 0.971 bits per heavy atom. The summed E-state index contributed by atoms with van der Waals surface area (Å²) in [5.74, 6) is -1.13. The lowest BCUT2D eigenvalue weighted by atomic mass is 9.98. The highest BCUT2D eigenvalue weighted by molar-refractivity contribution is 5.94. The molecule has 2 aliphatic rings. The van der Waals surface area contributed by atoms with E-state index in [9.17, 15) is 14.4 Å². The highest BCUT2D eigenvalue weighted by Crippen LogP contribution is 2.44. The highest BCUT2D eigenvalue weighted by Gasteiger charge is 2.35. The lowest BCUT2D eigenvalue weighted by molar-refractivity contribution is -0.137. The van der Waals surface area contributed by atoms with Gasteiger partial charge in [-0.2, -0.15) is 0 Å². The number of ether oxygens (including phenoxy) is 1. The minimum Gasteiger partial charge on any atom is -0.480 e. The number of carboxylic acid groups (broad SMARTS) is 1. The molecular formula is C26H24N2O6. The molecule has 2 N–H and O–H groups in total. The molecule has 0 aliphatic heterocycles. The smallest absolute Gasteiger partial charge is 0.407 e. The van der Waals surface area contributed by atoms with Crippen molar-refractivity contribution in [2.75, 3.05) is 13.2 Å². The summed E-state index contributed by atoms with van der Waals surface area (Å²) >= 11 is 0. The summed E-state index contributed by atoms with van der Waals surface area (Å²) in [7, 11) is 0. The van der Waals surface area contributed by atoms with Crippen LogP contribution in [0.2, 0.25) is 0 Å². The molecule has 0 spiro atoms. The molecule has 0 atom stereocenters. The summed E-state index contributed by atoms with van der Waals surface area (Å²) in [5.41, 5.74) is 4.57. The molecule has 8 nitrogen and oxygen atoms in total. The van der Waals surface area contributed by atoms with Crippen molar-refractivity contribution >= 4 is 18.0 Å². The first-order chi connectivity index (χ1) is 16.5. The molecule has 1 heterocycles. The van der Waals surface area contributed by atoms with Gasteiger partial charge in [0, 0.05) is 12.0 Å². The first-order valence-electron chi connectivity index (χ1n) is 11.2. The highest BCUT2D eigenvalue weighted by atomic mass is 16.5. The number of fused-ring (bicyclic) bond motifs is 3. The van der Waals surface area contributed by atoms with E-state index in [1.807, 2.05) is 24.3 Å². The van der Waals surface area contributed by atoms with E-state index in [-0.39, 0.29) is 37.4 Å². The molecule has 1 saturated carbocycles. The fourth-order valence-corrected chi connectivity index (χ4v) is 4.44. The molecule has 0 bridgehead atoms. The summed E-state index contributed by atoms with van der Waals surface area (Å²) in [6.45, 7) is -0.114. The number of carbonyl (C=O) groups is 3. The Morgan fingerprint density at radius 3 is 2.24 bits per heavy atom. The van der Waals surface area contributed by atoms with Crippen molar-refractivity contribution in [3.05, 3.63) is 83.3 Å². The minimum atomic E-state index is -1.07. The van der Waals surface area contributed by atoms with Gasteiger partial charge in [0.1, 0.15) is 18.9 Å². The number of alkyl carbamates (subject to hydrolysis) is 1. The largest absolute Gasteiger partial charge is 0.480 e. The number of amides is 2. The summed E-state index contributed by atoms with van der Waals surface area (Å²) in [6, 6.07) is 19.2. The minimum absolute atomic E-state index is 0.0337. The molecule has 2 aliphatic carbocycles. The predicted molar refractivity (Wildman–Crippen MR) is 122 cm³/mol. The number of nitrogens with zero attached hydrogens (tertiary/aromatic N) is 1. The molecule has 5 rings (SSSR count). The molecule has 2 aromatic carbocycles. The van der Waals surface area contributed by atoms with Gasteiger partial charge in [-0.1, -0.05) is 48.5 Å². The van der Waals surface area contributed by atoms with Crippen molar-refractivity contribution in [3.63, 3.8) is 0 Å². The van der Waals surface area contributed by atoms with Crippen molar-refractivity contribution in [2.24, 2.45) is 0 Å². The van der Waals surface area contributed by atoms with Gasteiger partial charge in [0.05, 0.1) is 6.54 Å². The number of nitrogens with one attached hydrogen (secondary N) is 1. The first kappa shape index (κ1) is 21.8. The van der Waals surface area contributed by atoms with E-state index >= 15 is 0 Å². The number of hydrogen-bond donors (Lipinski definition) is 2. The molecule has 0 radical (unpaired) electrons. The van der Waals surface area contributed by atoms with Crippen LogP contribution in [0.3, 0.4) is 0 Å². The molecule has 0 saturated heterocycles. The number of benzene rings is 2. The second-order valence-corrected chi connectivity index (χ2v) is 8.50. The summed E-state index contributed by atoms with van der Waals surface area (Å²) < 4.78 is 11.1. The second-order valence-electron chi connectivity index (χ2n) is 8.50. The predicted octanol–water partition coefficient (Wildman–Crippen LogP) is 4.01. The summed E-state index contributed by atoms with van der Waals surface area (Å²) in [5, 5.41) is 11.7. The summed E-state index contributed by atoms with van der Waals surface area (Å²) in [4.78, 5) is 37.3. The number of carboxylic acids is 1. The van der Waals surface area contributed by atoms with Crippen LogP contribution in [0.1, 0.15) is 46.2 Å². The van der Waals surface area contributed by atoms with E-state index in [1.54, 1.807) is 6.07 Å². The Kier molecular flexibility index (Phi) is 5.79. The van der Waals surface area contributed by atoms with E-state index in [1.165, 1.54) is 11.0 Å². The zero-order valence-electron chi connectivity index (χ0n) is 18.4.